The molecule has 234 valence electrons. The van der Waals surface area contributed by atoms with E-state index >= 15 is 0 Å². The van der Waals surface area contributed by atoms with E-state index in [4.69, 9.17) is 23.2 Å². The molecule has 0 fully saturated rings. The van der Waals surface area contributed by atoms with Crippen LogP contribution in [0, 0.1) is 13.8 Å². The summed E-state index contributed by atoms with van der Waals surface area (Å²) in [5.41, 5.74) is 4.91. The lowest BCUT2D eigenvalue weighted by Crippen LogP contribution is -2.32. The Kier molecular flexibility index (Phi) is 11.2. The van der Waals surface area contributed by atoms with Crippen molar-refractivity contribution in [3.8, 4) is 11.1 Å². The molecule has 2 N–H and O–H groups in total. The molecule has 4 rings (SSSR count). The van der Waals surface area contributed by atoms with Gasteiger partial charge in [-0.25, -0.2) is 0 Å². The average Bonchev–Trinajstić information content (AvgIpc) is 3.00. The highest BCUT2D eigenvalue weighted by Crippen LogP contribution is 2.35. The summed E-state index contributed by atoms with van der Waals surface area (Å²) in [6, 6.07) is 21.5. The number of carbonyl (C=O) groups excluding carboxylic acids is 4. The van der Waals surface area contributed by atoms with E-state index in [2.05, 4.69) is 31.1 Å². The van der Waals surface area contributed by atoms with Crippen molar-refractivity contribution in [3.05, 3.63) is 106 Å². The fourth-order valence-electron chi connectivity index (χ4n) is 4.30. The van der Waals surface area contributed by atoms with Crippen LogP contribution < -0.4 is 10.6 Å². The van der Waals surface area contributed by atoms with E-state index in [-0.39, 0.29) is 21.4 Å². The van der Waals surface area contributed by atoms with Crippen LogP contribution in [0.1, 0.15) is 25.0 Å². The monoisotopic (exact) mass is 656 g/mol. The van der Waals surface area contributed by atoms with Gasteiger partial charge >= 0.3 is 0 Å². The topological polar surface area (TPSA) is 142 Å². The Balaban J connectivity index is 1.47. The van der Waals surface area contributed by atoms with Crippen molar-refractivity contribution in [2.24, 2.45) is 20.5 Å². The number of aryl methyl sites for hydroxylation is 2. The van der Waals surface area contributed by atoms with Crippen molar-refractivity contribution >= 4 is 69.3 Å². The number of nitrogens with zero attached hydrogens (tertiary/aromatic N) is 4. The summed E-state index contributed by atoms with van der Waals surface area (Å²) >= 11 is 13.0. The van der Waals surface area contributed by atoms with Gasteiger partial charge in [-0.2, -0.15) is 20.5 Å². The van der Waals surface area contributed by atoms with Gasteiger partial charge in [0.05, 0.1) is 10.0 Å². The van der Waals surface area contributed by atoms with Crippen LogP contribution in [0.3, 0.4) is 0 Å². The molecule has 0 heterocycles. The summed E-state index contributed by atoms with van der Waals surface area (Å²) in [4.78, 5) is 49.8. The first-order valence-electron chi connectivity index (χ1n) is 14.1. The van der Waals surface area contributed by atoms with Crippen LogP contribution >= 0.6 is 23.2 Å². The molecule has 0 aliphatic heterocycles. The smallest absolute Gasteiger partial charge is 0.258 e. The van der Waals surface area contributed by atoms with E-state index in [1.54, 1.807) is 72.8 Å². The van der Waals surface area contributed by atoms with E-state index in [0.717, 1.165) is 11.1 Å². The van der Waals surface area contributed by atoms with Gasteiger partial charge in [0, 0.05) is 11.4 Å². The molecule has 0 radical (unpaired) electrons. The van der Waals surface area contributed by atoms with Gasteiger partial charge in [0.1, 0.15) is 11.4 Å². The number of benzene rings is 4. The molecule has 2 atom stereocenters. The van der Waals surface area contributed by atoms with Gasteiger partial charge in [0.2, 0.25) is 12.1 Å². The molecule has 4 aromatic carbocycles. The van der Waals surface area contributed by atoms with Crippen molar-refractivity contribution < 1.29 is 19.2 Å². The van der Waals surface area contributed by atoms with Crippen molar-refractivity contribution in [3.63, 3.8) is 0 Å². The molecular formula is C34H30Cl2N6O4. The maximum atomic E-state index is 12.8. The van der Waals surface area contributed by atoms with E-state index in [9.17, 15) is 19.2 Å². The largest absolute Gasteiger partial charge is 0.324 e. The van der Waals surface area contributed by atoms with Crippen LogP contribution in [0.2, 0.25) is 10.0 Å². The minimum Gasteiger partial charge on any atom is -0.324 e. The number of halogens is 2. The van der Waals surface area contributed by atoms with Gasteiger partial charge in [0.15, 0.2) is 11.6 Å². The SMILES string of the molecule is CC(=O)[C@@H](N=Nc1ccc(-c2ccc(N=N[C@H](C(C)=O)C(=O)Nc3ccc(C)cc3C)c(Cl)c2)cc1Cl)C(=O)Nc1ccccc1. The van der Waals surface area contributed by atoms with Gasteiger partial charge in [0.25, 0.3) is 11.8 Å². The first-order valence-corrected chi connectivity index (χ1v) is 14.8. The molecule has 0 aromatic heterocycles. The Morgan fingerprint density at radius 2 is 1.13 bits per heavy atom. The molecule has 0 spiro atoms. The lowest BCUT2D eigenvalue weighted by atomic mass is 10.0. The normalized spacial score (nSPS) is 12.6. The van der Waals surface area contributed by atoms with Gasteiger partial charge in [-0.3, -0.25) is 19.2 Å². The molecule has 0 bridgehead atoms. The molecule has 0 saturated heterocycles. The predicted octanol–water partition coefficient (Wildman–Crippen LogP) is 8.64. The maximum Gasteiger partial charge on any atom is 0.258 e. The van der Waals surface area contributed by atoms with Gasteiger partial charge in [-0.1, -0.05) is 71.2 Å². The molecular weight excluding hydrogens is 627 g/mol. The number of nitrogens with one attached hydrogen (secondary N) is 2. The second-order valence-corrected chi connectivity index (χ2v) is 11.3. The number of rotatable bonds is 11. The van der Waals surface area contributed by atoms with Gasteiger partial charge in [-0.15, -0.1) is 0 Å². The number of carbonyl (C=O) groups is 4. The Labute approximate surface area is 275 Å². The summed E-state index contributed by atoms with van der Waals surface area (Å²) in [7, 11) is 0. The van der Waals surface area contributed by atoms with Crippen LogP contribution in [0.5, 0.6) is 0 Å². The van der Waals surface area contributed by atoms with E-state index in [0.29, 0.717) is 22.5 Å². The average molecular weight is 658 g/mol. The number of ketones is 2. The minimum absolute atomic E-state index is 0.228. The zero-order valence-electron chi connectivity index (χ0n) is 25.4. The molecule has 46 heavy (non-hydrogen) atoms. The number of anilines is 2. The third kappa shape index (κ3) is 8.77. The Hall–Kier alpha value is -5.06. The molecule has 0 aliphatic carbocycles. The summed E-state index contributed by atoms with van der Waals surface area (Å²) < 4.78 is 0. The second kappa shape index (κ2) is 15.3. The molecule has 12 heteroatoms. The Morgan fingerprint density at radius 1 is 0.630 bits per heavy atom. The van der Waals surface area contributed by atoms with Crippen LogP contribution in [-0.4, -0.2) is 35.5 Å². The summed E-state index contributed by atoms with van der Waals surface area (Å²) in [5.74, 6) is -2.17. The zero-order valence-corrected chi connectivity index (χ0v) is 26.9. The Bertz CT molecular complexity index is 1860. The Morgan fingerprint density at radius 3 is 1.59 bits per heavy atom. The van der Waals surface area contributed by atoms with E-state index in [1.165, 1.54) is 13.8 Å². The van der Waals surface area contributed by atoms with Crippen LogP contribution in [-0.2, 0) is 19.2 Å². The molecule has 2 amide bonds. The van der Waals surface area contributed by atoms with Crippen molar-refractivity contribution in [2.45, 2.75) is 39.8 Å². The lowest BCUT2D eigenvalue weighted by molar-refractivity contribution is -0.127. The van der Waals surface area contributed by atoms with Crippen LogP contribution in [0.15, 0.2) is 105 Å². The zero-order chi connectivity index (χ0) is 33.4. The highest BCUT2D eigenvalue weighted by Gasteiger charge is 2.25. The third-order valence-electron chi connectivity index (χ3n) is 6.74. The molecule has 4 aromatic rings. The van der Waals surface area contributed by atoms with Crippen molar-refractivity contribution in [2.75, 3.05) is 10.6 Å². The first-order chi connectivity index (χ1) is 21.9. The fourth-order valence-corrected chi connectivity index (χ4v) is 4.74. The number of hydrogen-bond donors (Lipinski definition) is 2. The van der Waals surface area contributed by atoms with Crippen LogP contribution in [0.4, 0.5) is 22.7 Å². The standard InChI is InChI=1S/C34H30Cl2N6O4/c1-19-10-13-28(20(2)16-19)38-34(46)32(22(4)44)42-40-30-15-12-24(18-27(30)36)23-11-14-29(26(35)17-23)39-41-31(21(3)43)33(45)37-25-8-6-5-7-9-25/h5-18,31-32H,1-4H3,(H,37,45)(H,38,46)/t31-,32-/m1/s1. The highest BCUT2D eigenvalue weighted by molar-refractivity contribution is 6.34. The first kappa shape index (κ1) is 33.8. The number of azo groups is 2. The fraction of sp³-hybridized carbons (Fsp3) is 0.176. The van der Waals surface area contributed by atoms with Gasteiger partial charge < -0.3 is 10.6 Å². The molecule has 0 unspecified atom stereocenters. The van der Waals surface area contributed by atoms with Crippen molar-refractivity contribution in [1.82, 2.24) is 0 Å². The highest BCUT2D eigenvalue weighted by atomic mass is 35.5. The van der Waals surface area contributed by atoms with E-state index < -0.39 is 35.5 Å². The number of amides is 2. The summed E-state index contributed by atoms with van der Waals surface area (Å²) in [5, 5.41) is 21.9. The number of hydrogen-bond acceptors (Lipinski definition) is 8. The van der Waals surface area contributed by atoms with Gasteiger partial charge in [-0.05, 0) is 86.8 Å². The summed E-state index contributed by atoms with van der Waals surface area (Å²) in [6.07, 6.45) is 0. The summed E-state index contributed by atoms with van der Waals surface area (Å²) in [6.45, 7) is 6.33. The van der Waals surface area contributed by atoms with Crippen molar-refractivity contribution in [1.29, 1.82) is 0 Å². The second-order valence-electron chi connectivity index (χ2n) is 10.5. The number of Topliss-reactive ketones (excluding diaryl/α,β-unsaturated/α-hetero) is 2. The molecule has 10 nitrogen and oxygen atoms in total. The van der Waals surface area contributed by atoms with E-state index in [1.807, 2.05) is 26.0 Å². The molecule has 0 aliphatic rings. The lowest BCUT2D eigenvalue weighted by Gasteiger charge is -2.12. The minimum atomic E-state index is -1.36. The van der Waals surface area contributed by atoms with Crippen LogP contribution in [0.25, 0.3) is 11.1 Å². The predicted molar refractivity (Wildman–Crippen MR) is 179 cm³/mol. The quantitative estimate of drug-likeness (QED) is 0.123. The maximum absolute atomic E-state index is 12.8. The number of para-hydroxylation sites is 1. The molecule has 0 saturated carbocycles. The third-order valence-corrected chi connectivity index (χ3v) is 7.34.